The van der Waals surface area contributed by atoms with Crippen LogP contribution in [0.1, 0.15) is 50.4 Å². The lowest BCUT2D eigenvalue weighted by Crippen LogP contribution is -2.50. The zero-order valence-electron chi connectivity index (χ0n) is 23.3. The minimum absolute atomic E-state index is 0.0370. The molecule has 1 atom stereocenters. The Morgan fingerprint density at radius 3 is 2.46 bits per heavy atom. The summed E-state index contributed by atoms with van der Waals surface area (Å²) in [4.78, 5) is 29.5. The van der Waals surface area contributed by atoms with Gasteiger partial charge in [-0.3, -0.25) is 9.59 Å². The Bertz CT molecular complexity index is 1420. The van der Waals surface area contributed by atoms with Crippen molar-refractivity contribution in [1.29, 1.82) is 0 Å². The largest absolute Gasteiger partial charge is 0.494 e. The molecule has 2 amide bonds. The molecular formula is C31H37N5O3. The second kappa shape index (κ2) is 12.1. The molecule has 0 radical (unpaired) electrons. The molecule has 0 aliphatic carbocycles. The number of nitrogens with one attached hydrogen (secondary N) is 1. The summed E-state index contributed by atoms with van der Waals surface area (Å²) in [7, 11) is 0. The maximum atomic E-state index is 14.0. The Hall–Kier alpha value is -4.20. The van der Waals surface area contributed by atoms with Crippen LogP contribution in [0.25, 0.3) is 11.0 Å². The standard InChI is InChI=1S/C31H37N5O3/c1-6-39-25-16-14-24(15-17-25)29(30(38)32-31(3,4)5)35(19-18-23-11-9-10-22(2)20-23)28(37)21-36-27-13-8-7-12-26(27)33-34-36/h7-17,20,29H,6,18-19,21H2,1-5H3,(H,32,38)/t29-/m0/s1. The summed E-state index contributed by atoms with van der Waals surface area (Å²) in [6.45, 7) is 10.6. The number of carbonyl (C=O) groups is 2. The van der Waals surface area contributed by atoms with Gasteiger partial charge in [-0.25, -0.2) is 4.68 Å². The monoisotopic (exact) mass is 527 g/mol. The zero-order valence-corrected chi connectivity index (χ0v) is 23.3. The van der Waals surface area contributed by atoms with Crippen LogP contribution in [0.3, 0.4) is 0 Å². The molecule has 0 aliphatic heterocycles. The van der Waals surface area contributed by atoms with E-state index in [0.29, 0.717) is 36.4 Å². The van der Waals surface area contributed by atoms with E-state index in [1.165, 1.54) is 0 Å². The molecule has 39 heavy (non-hydrogen) atoms. The van der Waals surface area contributed by atoms with Crippen molar-refractivity contribution in [3.8, 4) is 5.75 Å². The summed E-state index contributed by atoms with van der Waals surface area (Å²) in [5.41, 5.74) is 3.95. The Labute approximate surface area is 230 Å². The molecule has 1 heterocycles. The normalized spacial score (nSPS) is 12.2. The smallest absolute Gasteiger partial charge is 0.247 e. The van der Waals surface area contributed by atoms with Gasteiger partial charge in [0.15, 0.2) is 0 Å². The number of rotatable bonds is 10. The van der Waals surface area contributed by atoms with Crippen LogP contribution in [0.5, 0.6) is 5.75 Å². The predicted octanol–water partition coefficient (Wildman–Crippen LogP) is 4.87. The van der Waals surface area contributed by atoms with Gasteiger partial charge in [-0.05, 0) is 76.4 Å². The molecule has 0 fully saturated rings. The Morgan fingerprint density at radius 1 is 1.03 bits per heavy atom. The maximum Gasteiger partial charge on any atom is 0.247 e. The van der Waals surface area contributed by atoms with E-state index in [-0.39, 0.29) is 18.4 Å². The molecule has 0 unspecified atom stereocenters. The third-order valence-electron chi connectivity index (χ3n) is 6.31. The first-order valence-corrected chi connectivity index (χ1v) is 13.3. The second-order valence-corrected chi connectivity index (χ2v) is 10.7. The van der Waals surface area contributed by atoms with E-state index >= 15 is 0 Å². The van der Waals surface area contributed by atoms with Gasteiger partial charge in [-0.1, -0.05) is 59.3 Å². The number of ether oxygens (including phenoxy) is 1. The summed E-state index contributed by atoms with van der Waals surface area (Å²) in [6, 6.07) is 22.3. The Morgan fingerprint density at radius 2 is 1.77 bits per heavy atom. The molecule has 4 aromatic rings. The second-order valence-electron chi connectivity index (χ2n) is 10.7. The number of hydrogen-bond donors (Lipinski definition) is 1. The summed E-state index contributed by atoms with van der Waals surface area (Å²) < 4.78 is 7.21. The highest BCUT2D eigenvalue weighted by Gasteiger charge is 2.33. The third kappa shape index (κ3) is 7.22. The van der Waals surface area contributed by atoms with Crippen molar-refractivity contribution in [2.75, 3.05) is 13.2 Å². The lowest BCUT2D eigenvalue weighted by atomic mass is 10.00. The van der Waals surface area contributed by atoms with Gasteiger partial charge in [0.05, 0.1) is 12.1 Å². The maximum absolute atomic E-state index is 14.0. The van der Waals surface area contributed by atoms with Crippen LogP contribution < -0.4 is 10.1 Å². The van der Waals surface area contributed by atoms with E-state index in [2.05, 4.69) is 21.7 Å². The van der Waals surface area contributed by atoms with Gasteiger partial charge in [0.2, 0.25) is 11.8 Å². The minimum Gasteiger partial charge on any atom is -0.494 e. The van der Waals surface area contributed by atoms with E-state index < -0.39 is 11.6 Å². The Balaban J connectivity index is 1.72. The van der Waals surface area contributed by atoms with Gasteiger partial charge >= 0.3 is 0 Å². The first-order chi connectivity index (χ1) is 18.6. The fraction of sp³-hybridized carbons (Fsp3) is 0.355. The van der Waals surface area contributed by atoms with Crippen molar-refractivity contribution in [3.63, 3.8) is 0 Å². The number of amides is 2. The predicted molar refractivity (Wildman–Crippen MR) is 152 cm³/mol. The molecule has 4 rings (SSSR count). The van der Waals surface area contributed by atoms with Crippen molar-refractivity contribution in [2.45, 2.75) is 59.2 Å². The van der Waals surface area contributed by atoms with Crippen LogP contribution in [-0.4, -0.2) is 50.4 Å². The van der Waals surface area contributed by atoms with Crippen molar-refractivity contribution in [1.82, 2.24) is 25.2 Å². The van der Waals surface area contributed by atoms with Gasteiger partial charge < -0.3 is 15.0 Å². The average Bonchev–Trinajstić information content (AvgIpc) is 3.29. The number of carbonyl (C=O) groups excluding carboxylic acids is 2. The van der Waals surface area contributed by atoms with Gasteiger partial charge in [0.1, 0.15) is 23.9 Å². The van der Waals surface area contributed by atoms with Crippen molar-refractivity contribution in [3.05, 3.63) is 89.5 Å². The van der Waals surface area contributed by atoms with Crippen LogP contribution in [-0.2, 0) is 22.6 Å². The molecule has 8 nitrogen and oxygen atoms in total. The van der Waals surface area contributed by atoms with Crippen molar-refractivity contribution < 1.29 is 14.3 Å². The highest BCUT2D eigenvalue weighted by atomic mass is 16.5. The molecule has 0 saturated carbocycles. The van der Waals surface area contributed by atoms with Gasteiger partial charge in [-0.2, -0.15) is 0 Å². The summed E-state index contributed by atoms with van der Waals surface area (Å²) in [6.07, 6.45) is 0.599. The molecule has 0 aliphatic rings. The van der Waals surface area contributed by atoms with Crippen LogP contribution in [0.2, 0.25) is 0 Å². The molecule has 204 valence electrons. The fourth-order valence-electron chi connectivity index (χ4n) is 4.59. The van der Waals surface area contributed by atoms with Gasteiger partial charge in [0, 0.05) is 12.1 Å². The minimum atomic E-state index is -0.841. The number of para-hydroxylation sites is 1. The first kappa shape index (κ1) is 27.8. The molecule has 1 N–H and O–H groups in total. The molecule has 0 saturated heterocycles. The summed E-state index contributed by atoms with van der Waals surface area (Å²) in [5.74, 6) is 0.247. The Kier molecular flexibility index (Phi) is 8.64. The highest BCUT2D eigenvalue weighted by Crippen LogP contribution is 2.26. The van der Waals surface area contributed by atoms with Crippen molar-refractivity contribution >= 4 is 22.8 Å². The number of benzene rings is 3. The molecular weight excluding hydrogens is 490 g/mol. The number of fused-ring (bicyclic) bond motifs is 1. The average molecular weight is 528 g/mol. The zero-order chi connectivity index (χ0) is 28.0. The van der Waals surface area contributed by atoms with E-state index in [0.717, 1.165) is 16.6 Å². The van der Waals surface area contributed by atoms with E-state index in [1.807, 2.05) is 101 Å². The van der Waals surface area contributed by atoms with Crippen LogP contribution in [0, 0.1) is 6.92 Å². The third-order valence-corrected chi connectivity index (χ3v) is 6.31. The molecule has 3 aromatic carbocycles. The quantitative estimate of drug-likeness (QED) is 0.318. The van der Waals surface area contributed by atoms with Crippen LogP contribution in [0.4, 0.5) is 0 Å². The van der Waals surface area contributed by atoms with Crippen LogP contribution in [0.15, 0.2) is 72.8 Å². The fourth-order valence-corrected chi connectivity index (χ4v) is 4.59. The number of hydrogen-bond acceptors (Lipinski definition) is 5. The van der Waals surface area contributed by atoms with E-state index in [9.17, 15) is 9.59 Å². The summed E-state index contributed by atoms with van der Waals surface area (Å²) >= 11 is 0. The van der Waals surface area contributed by atoms with Crippen LogP contribution >= 0.6 is 0 Å². The van der Waals surface area contributed by atoms with Gasteiger partial charge in [0.25, 0.3) is 0 Å². The lowest BCUT2D eigenvalue weighted by molar-refractivity contribution is -0.142. The molecule has 0 bridgehead atoms. The number of nitrogens with zero attached hydrogens (tertiary/aromatic N) is 4. The number of aromatic nitrogens is 3. The van der Waals surface area contributed by atoms with Crippen molar-refractivity contribution in [2.24, 2.45) is 0 Å². The molecule has 1 aromatic heterocycles. The topological polar surface area (TPSA) is 89.4 Å². The molecule has 0 spiro atoms. The number of aryl methyl sites for hydroxylation is 1. The lowest BCUT2D eigenvalue weighted by Gasteiger charge is -2.34. The molecule has 8 heteroatoms. The van der Waals surface area contributed by atoms with E-state index in [4.69, 9.17) is 4.74 Å². The summed E-state index contributed by atoms with van der Waals surface area (Å²) in [5, 5.41) is 11.5. The van der Waals surface area contributed by atoms with Gasteiger partial charge in [-0.15, -0.1) is 5.10 Å². The highest BCUT2D eigenvalue weighted by molar-refractivity contribution is 5.89. The first-order valence-electron chi connectivity index (χ1n) is 13.3. The van der Waals surface area contributed by atoms with E-state index in [1.54, 1.807) is 9.58 Å². The SMILES string of the molecule is CCOc1ccc([C@@H](C(=O)NC(C)(C)C)N(CCc2cccc(C)c2)C(=O)Cn2nnc3ccccc32)cc1.